The number of amides is 1. The Labute approximate surface area is 689 Å². The Morgan fingerprint density at radius 3 is 1.54 bits per heavy atom. The SMILES string of the molecule is CCCCCCCCCCCCCCCC(=O)OC[C@H](COP(=O)([O-])O[C@H]1[C@H](O[C@H]2O[C@H](CNC(=S)Nc3ccc(N=[N+]=[N-])cc3)[C@@H](O[C@H]3O[C@H](CO)[C@@H](O)[C@H](O)[C@@H]3O)[C@H](O)[C@H]2NC(=O)OC(C)(C)C)[C@H]2OC3(CCCCC3)O[C@@H]2[C@H]2OC3(CCCCC3)O[C@H]21)OC(=O)CCCCCCCCCCCCCCC.CC[NH+](CC)CC. The van der Waals surface area contributed by atoms with Gasteiger partial charge in [0.25, 0.3) is 7.82 Å². The summed E-state index contributed by atoms with van der Waals surface area (Å²) in [6.07, 6.45) is 8.81. The number of quaternary nitrogens is 1. The summed E-state index contributed by atoms with van der Waals surface area (Å²) >= 11 is 5.73. The average Bonchev–Trinajstić information content (AvgIpc) is 1.56. The monoisotopic (exact) mass is 1670 g/mol. The van der Waals surface area contributed by atoms with Crippen molar-refractivity contribution < 1.29 is 115 Å². The Bertz CT molecular complexity index is 3030. The van der Waals surface area contributed by atoms with Gasteiger partial charge in [0.1, 0.15) is 97.6 Å². The minimum atomic E-state index is -5.71. The molecule has 1 aromatic carbocycles. The van der Waals surface area contributed by atoms with Crippen LogP contribution in [-0.2, 0) is 75.3 Å². The van der Waals surface area contributed by atoms with E-state index in [9.17, 15) is 39.9 Å². The molecule has 3 saturated carbocycles. The summed E-state index contributed by atoms with van der Waals surface area (Å²) in [6, 6.07) is 4.53. The van der Waals surface area contributed by atoms with Gasteiger partial charge in [-0.15, -0.1) is 0 Å². The second-order valence-electron chi connectivity index (χ2n) is 33.4. The van der Waals surface area contributed by atoms with E-state index in [0.717, 1.165) is 64.2 Å². The molecule has 9 N–H and O–H groups in total. The van der Waals surface area contributed by atoms with Crippen LogP contribution in [0.4, 0.5) is 16.2 Å². The van der Waals surface area contributed by atoms with Gasteiger partial charge in [0.05, 0.1) is 32.8 Å². The molecule has 0 aromatic heterocycles. The lowest BCUT2D eigenvalue weighted by atomic mass is 9.84. The van der Waals surface area contributed by atoms with Gasteiger partial charge < -0.3 is 112 Å². The molecule has 7 aliphatic rings. The van der Waals surface area contributed by atoms with E-state index in [2.05, 4.69) is 60.6 Å². The van der Waals surface area contributed by atoms with Crippen LogP contribution in [0.25, 0.3) is 10.4 Å². The van der Waals surface area contributed by atoms with E-state index in [1.807, 2.05) is 0 Å². The summed E-state index contributed by atoms with van der Waals surface area (Å²) in [5, 5.41) is 68.7. The van der Waals surface area contributed by atoms with Crippen LogP contribution in [0.2, 0.25) is 0 Å². The maximum atomic E-state index is 15.1. The van der Waals surface area contributed by atoms with Crippen LogP contribution in [-0.4, -0.2) is 216 Å². The highest BCUT2D eigenvalue weighted by Crippen LogP contribution is 2.56. The highest BCUT2D eigenvalue weighted by atomic mass is 32.1. The summed E-state index contributed by atoms with van der Waals surface area (Å²) < 4.78 is 98.8. The van der Waals surface area contributed by atoms with Gasteiger partial charge in [0, 0.05) is 61.4 Å². The van der Waals surface area contributed by atoms with E-state index < -0.39 is 167 Å². The molecule has 0 bridgehead atoms. The summed E-state index contributed by atoms with van der Waals surface area (Å²) in [6.45, 7) is 17.2. The number of nitrogens with zero attached hydrogens (tertiary/aromatic N) is 3. The molecule has 4 aliphatic heterocycles. The van der Waals surface area contributed by atoms with Crippen molar-refractivity contribution in [3.05, 3.63) is 34.7 Å². The molecule has 115 heavy (non-hydrogen) atoms. The molecule has 1 aromatic rings. The zero-order valence-corrected chi connectivity index (χ0v) is 71.9. The number of carbonyl (C=O) groups excluding carboxylic acids is 3. The summed E-state index contributed by atoms with van der Waals surface area (Å²) in [4.78, 5) is 61.0. The zero-order valence-electron chi connectivity index (χ0n) is 70.2. The molecule has 32 heteroatoms. The van der Waals surface area contributed by atoms with E-state index in [0.29, 0.717) is 75.6 Å². The topological polar surface area (TPSA) is 402 Å². The standard InChI is InChI=1S/C77H129N6O23PS.C6H15N/c1-6-8-10-12-14-16-18-20-22-24-26-28-32-38-57(85)94-50-54(96-58(86)39-33-29-27-25-23-21-19-17-15-13-11-9-7-2)51-95-107(92,93)106-70-65(66-67(102-76(101-66)44-34-30-35-45-76)68-69(70)104-77(103-68)46-36-31-37-47-77)100-71-59(81-74(91)105-75(3,4)5)61(88)64(99-72-63(90)62(89)60(87)56(49-84)98-72)55(97-71)48-79-73(108)80-52-40-42-53(43-41-52)82-83-78;1-4-7(5-2)6-3/h40-43,54-56,59-72,84,87-90H,6-39,44-51H2,1-5H3,(H,81,91)(H,92,93)(H2,79,80,108);4-6H2,1-3H3/t54-,55-,56-,59-,60-,61-,62+,63+,64-,65-,66-,67+,68-,69-,70+,71-,72-;/m1./s1. The van der Waals surface area contributed by atoms with E-state index >= 15 is 9.46 Å². The van der Waals surface area contributed by atoms with Gasteiger partial charge in [-0.2, -0.15) is 0 Å². The van der Waals surface area contributed by atoms with Crippen molar-refractivity contribution in [2.24, 2.45) is 5.11 Å². The Balaban J connectivity index is 0.00000249. The van der Waals surface area contributed by atoms with Gasteiger partial charge in [0.15, 0.2) is 35.4 Å². The Morgan fingerprint density at radius 1 is 0.609 bits per heavy atom. The lowest BCUT2D eigenvalue weighted by Gasteiger charge is -2.50. The number of ether oxygens (including phenoxy) is 11. The summed E-state index contributed by atoms with van der Waals surface area (Å²) in [5.41, 5.74) is 8.65. The van der Waals surface area contributed by atoms with Crippen molar-refractivity contribution >= 4 is 54.6 Å². The predicted octanol–water partition coefficient (Wildman–Crippen LogP) is 12.6. The first-order valence-corrected chi connectivity index (χ1v) is 45.9. The number of aliphatic hydroxyl groups is 5. The first-order valence-electron chi connectivity index (χ1n) is 44.0. The van der Waals surface area contributed by atoms with E-state index in [1.165, 1.54) is 122 Å². The Kier molecular flexibility index (Phi) is 44.1. The van der Waals surface area contributed by atoms with Gasteiger partial charge in [-0.3, -0.25) is 14.2 Å². The fourth-order valence-electron chi connectivity index (χ4n) is 16.4. The van der Waals surface area contributed by atoms with E-state index in [4.69, 9.17) is 78.9 Å². The van der Waals surface area contributed by atoms with Crippen molar-refractivity contribution in [1.82, 2.24) is 10.6 Å². The molecule has 2 spiro atoms. The number of rotatable bonds is 49. The average molecular weight is 1670 g/mol. The quantitative estimate of drug-likeness (QED) is 0.00427. The third-order valence-corrected chi connectivity index (χ3v) is 24.2. The smallest absolute Gasteiger partial charge is 0.408 e. The molecule has 4 heterocycles. The molecule has 660 valence electrons. The predicted molar refractivity (Wildman–Crippen MR) is 434 cm³/mol. The molecule has 1 unspecified atom stereocenters. The second-order valence-corrected chi connectivity index (χ2v) is 35.1. The molecule has 18 atom stereocenters. The number of carbonyl (C=O) groups is 3. The number of anilines is 1. The number of esters is 2. The minimum absolute atomic E-state index is 0.0113. The number of thiocarbonyl (C=S) groups is 1. The van der Waals surface area contributed by atoms with Crippen molar-refractivity contribution in [3.8, 4) is 0 Å². The first kappa shape index (κ1) is 98.1. The molecular formula is C83H144N7O23PS. The highest BCUT2D eigenvalue weighted by molar-refractivity contribution is 7.80. The molecule has 1 amide bonds. The molecular weight excluding hydrogens is 1530 g/mol. The minimum Gasteiger partial charge on any atom is -0.756 e. The van der Waals surface area contributed by atoms with Crippen LogP contribution in [0.3, 0.4) is 0 Å². The lowest BCUT2D eigenvalue weighted by Crippen LogP contribution is -3.11. The molecule has 7 fully saturated rings. The molecule has 30 nitrogen and oxygen atoms in total. The molecule has 3 aliphatic carbocycles. The Hall–Kier alpha value is -4.02. The third kappa shape index (κ3) is 33.0. The largest absolute Gasteiger partial charge is 0.756 e. The molecule has 0 radical (unpaired) electrons. The van der Waals surface area contributed by atoms with Gasteiger partial charge in [-0.25, -0.2) is 4.79 Å². The Morgan fingerprint density at radius 2 is 1.07 bits per heavy atom. The maximum Gasteiger partial charge on any atom is 0.408 e. The normalized spacial score (nSPS) is 28.3. The number of benzene rings is 1. The number of hydrogen-bond donors (Lipinski definition) is 9. The van der Waals surface area contributed by atoms with Crippen LogP contribution in [0.1, 0.15) is 299 Å². The molecule has 8 rings (SSSR count). The van der Waals surface area contributed by atoms with Crippen LogP contribution >= 0.6 is 20.0 Å². The fourth-order valence-corrected chi connectivity index (χ4v) is 17.6. The number of aliphatic hydroxyl groups excluding tert-OH is 5. The summed E-state index contributed by atoms with van der Waals surface area (Å²) in [5.74, 6) is -3.63. The number of nitrogens with one attached hydrogen (secondary N) is 4. The van der Waals surface area contributed by atoms with Crippen molar-refractivity contribution in [1.29, 1.82) is 0 Å². The van der Waals surface area contributed by atoms with Gasteiger partial charge in [-0.05, 0) is 110 Å². The zero-order chi connectivity index (χ0) is 83.2. The van der Waals surface area contributed by atoms with E-state index in [1.54, 1.807) is 49.9 Å². The number of alkyl carbamates (subject to hydrolysis) is 1. The number of hydrogen-bond acceptors (Lipinski definition) is 25. The van der Waals surface area contributed by atoms with Crippen molar-refractivity contribution in [2.75, 3.05) is 51.3 Å². The molecule has 4 saturated heterocycles. The number of fused-ring (bicyclic) bond motifs is 3. The number of phosphoric acid groups is 1. The van der Waals surface area contributed by atoms with Crippen LogP contribution in [0, 0.1) is 0 Å². The van der Waals surface area contributed by atoms with Crippen molar-refractivity contribution in [3.63, 3.8) is 0 Å². The lowest BCUT2D eigenvalue weighted by molar-refractivity contribution is -0.894. The maximum absolute atomic E-state index is 15.1. The number of unbranched alkanes of at least 4 members (excludes halogenated alkanes) is 24. The van der Waals surface area contributed by atoms with Crippen LogP contribution in [0.15, 0.2) is 29.4 Å². The third-order valence-electron chi connectivity index (χ3n) is 23.0. The number of azide groups is 1. The van der Waals surface area contributed by atoms with Gasteiger partial charge in [0.2, 0.25) is 0 Å². The van der Waals surface area contributed by atoms with E-state index in [-0.39, 0.29) is 24.5 Å². The van der Waals surface area contributed by atoms with Gasteiger partial charge >= 0.3 is 18.0 Å². The van der Waals surface area contributed by atoms with Gasteiger partial charge in [-0.1, -0.05) is 198 Å². The van der Waals surface area contributed by atoms with Crippen LogP contribution in [0.5, 0.6) is 0 Å². The van der Waals surface area contributed by atoms with Crippen LogP contribution < -0.4 is 25.7 Å². The number of phosphoric ester groups is 1. The van der Waals surface area contributed by atoms with Crippen molar-refractivity contribution in [2.45, 2.75) is 421 Å². The second kappa shape index (κ2) is 51.7. The first-order chi connectivity index (χ1) is 55.3. The highest BCUT2D eigenvalue weighted by Gasteiger charge is 2.69. The summed E-state index contributed by atoms with van der Waals surface area (Å²) in [7, 11) is -5.71. The fraction of sp³-hybridized carbons (Fsp3) is 0.880.